The molecular formula is C19H15F2NO3S3. The van der Waals surface area contributed by atoms with Crippen molar-refractivity contribution < 1.29 is 23.5 Å². The Morgan fingerprint density at radius 1 is 1.25 bits per heavy atom. The van der Waals surface area contributed by atoms with Gasteiger partial charge in [0.25, 0.3) is 0 Å². The molecule has 1 aliphatic heterocycles. The average Bonchev–Trinajstić information content (AvgIpc) is 3.20. The molecule has 1 aliphatic rings. The quantitative estimate of drug-likeness (QED) is 0.380. The maximum absolute atomic E-state index is 13.4. The molecule has 4 nitrogen and oxygen atoms in total. The van der Waals surface area contributed by atoms with Gasteiger partial charge in [0.15, 0.2) is 17.4 Å². The van der Waals surface area contributed by atoms with Crippen LogP contribution in [0.3, 0.4) is 0 Å². The smallest absolute Gasteiger partial charge is 0.317 e. The largest absolute Gasteiger partial charge is 0.480 e. The molecule has 1 saturated heterocycles. The van der Waals surface area contributed by atoms with Crippen LogP contribution in [0.15, 0.2) is 34.6 Å². The van der Waals surface area contributed by atoms with Gasteiger partial charge < -0.3 is 10.4 Å². The van der Waals surface area contributed by atoms with E-state index in [2.05, 4.69) is 5.32 Å². The van der Waals surface area contributed by atoms with E-state index in [0.29, 0.717) is 27.6 Å². The van der Waals surface area contributed by atoms with Gasteiger partial charge in [-0.1, -0.05) is 30.0 Å². The number of halogens is 2. The van der Waals surface area contributed by atoms with Gasteiger partial charge in [-0.15, -0.1) is 11.3 Å². The second-order valence-electron chi connectivity index (χ2n) is 6.07. The van der Waals surface area contributed by atoms with Gasteiger partial charge in [0.05, 0.1) is 21.6 Å². The van der Waals surface area contributed by atoms with E-state index in [1.54, 1.807) is 6.08 Å². The van der Waals surface area contributed by atoms with E-state index in [-0.39, 0.29) is 12.3 Å². The fourth-order valence-corrected chi connectivity index (χ4v) is 5.11. The molecule has 1 fully saturated rings. The summed E-state index contributed by atoms with van der Waals surface area (Å²) in [6, 6.07) is 5.53. The number of thioether (sulfide) groups is 1. The first-order valence-corrected chi connectivity index (χ1v) is 10.4. The van der Waals surface area contributed by atoms with E-state index < -0.39 is 23.5 Å². The molecule has 0 aliphatic carbocycles. The number of carboxylic acids is 1. The molecule has 146 valence electrons. The van der Waals surface area contributed by atoms with Crippen molar-refractivity contribution in [3.63, 3.8) is 0 Å². The van der Waals surface area contributed by atoms with E-state index in [1.807, 2.05) is 11.4 Å². The van der Waals surface area contributed by atoms with Gasteiger partial charge in [0, 0.05) is 4.88 Å². The zero-order valence-electron chi connectivity index (χ0n) is 14.4. The molecule has 0 amide bonds. The highest BCUT2D eigenvalue weighted by molar-refractivity contribution is 8.27. The van der Waals surface area contributed by atoms with Gasteiger partial charge >= 0.3 is 5.97 Å². The molecular weight excluding hydrogens is 424 g/mol. The van der Waals surface area contributed by atoms with E-state index in [9.17, 15) is 18.4 Å². The first-order valence-electron chi connectivity index (χ1n) is 8.29. The third-order valence-corrected chi connectivity index (χ3v) is 6.53. The molecule has 2 aromatic rings. The lowest BCUT2D eigenvalue weighted by molar-refractivity contribution is -0.135. The highest BCUT2D eigenvalue weighted by Gasteiger charge is 2.34. The Bertz CT molecular complexity index is 971. The van der Waals surface area contributed by atoms with Crippen molar-refractivity contribution in [2.45, 2.75) is 6.42 Å². The summed E-state index contributed by atoms with van der Waals surface area (Å²) in [7, 11) is 0. The van der Waals surface area contributed by atoms with Crippen LogP contribution in [0.4, 0.5) is 8.78 Å². The maximum Gasteiger partial charge on any atom is 0.317 e. The van der Waals surface area contributed by atoms with E-state index >= 15 is 0 Å². The van der Waals surface area contributed by atoms with Crippen LogP contribution in [0.5, 0.6) is 0 Å². The molecule has 1 aromatic heterocycles. The molecule has 1 aromatic carbocycles. The summed E-state index contributed by atoms with van der Waals surface area (Å²) in [6.07, 6.45) is 2.19. The van der Waals surface area contributed by atoms with Crippen LogP contribution in [0.1, 0.15) is 11.3 Å². The molecule has 3 rings (SSSR count). The van der Waals surface area contributed by atoms with Crippen molar-refractivity contribution in [3.8, 4) is 11.1 Å². The third kappa shape index (κ3) is 4.91. The van der Waals surface area contributed by atoms with Crippen LogP contribution in [-0.4, -0.2) is 34.1 Å². The Morgan fingerprint density at radius 2 is 2.04 bits per heavy atom. The summed E-state index contributed by atoms with van der Waals surface area (Å²) in [4.78, 5) is 24.5. The number of allylic oxidation sites excluding steroid dienone is 1. The molecule has 1 unspecified atom stereocenters. The van der Waals surface area contributed by atoms with Crippen LogP contribution in [0, 0.1) is 17.6 Å². The lowest BCUT2D eigenvalue weighted by atomic mass is 10.0. The Balaban J connectivity index is 1.69. The van der Waals surface area contributed by atoms with Gasteiger partial charge in [0.2, 0.25) is 0 Å². The number of carboxylic acid groups (broad SMARTS) is 1. The van der Waals surface area contributed by atoms with Crippen molar-refractivity contribution in [1.29, 1.82) is 0 Å². The fourth-order valence-electron chi connectivity index (χ4n) is 2.68. The number of nitrogens with one attached hydrogen (secondary N) is 1. The van der Waals surface area contributed by atoms with Crippen LogP contribution in [-0.2, 0) is 9.59 Å². The number of carbonyl (C=O) groups excluding carboxylic acids is 1. The summed E-state index contributed by atoms with van der Waals surface area (Å²) in [6.45, 7) is 0.224. The summed E-state index contributed by atoms with van der Waals surface area (Å²) in [5.41, 5.74) is 1.30. The van der Waals surface area contributed by atoms with Gasteiger partial charge in [-0.2, -0.15) is 0 Å². The Morgan fingerprint density at radius 3 is 2.75 bits per heavy atom. The minimum absolute atomic E-state index is 0.0742. The molecule has 0 saturated carbocycles. The van der Waals surface area contributed by atoms with Gasteiger partial charge in [-0.3, -0.25) is 9.59 Å². The number of ketones is 1. The van der Waals surface area contributed by atoms with Crippen molar-refractivity contribution >= 4 is 57.3 Å². The topological polar surface area (TPSA) is 66.4 Å². The monoisotopic (exact) mass is 439 g/mol. The number of rotatable bonds is 7. The number of carbonyl (C=O) groups is 2. The second kappa shape index (κ2) is 9.04. The van der Waals surface area contributed by atoms with Crippen LogP contribution in [0.25, 0.3) is 17.2 Å². The minimum atomic E-state index is -0.954. The zero-order valence-corrected chi connectivity index (χ0v) is 16.9. The normalized spacial score (nSPS) is 18.2. The Hall–Kier alpha value is -1.94. The first kappa shape index (κ1) is 20.8. The highest BCUT2D eigenvalue weighted by Crippen LogP contribution is 2.38. The number of hydrogen-bond donors (Lipinski definition) is 2. The number of benzene rings is 1. The predicted octanol–water partition coefficient (Wildman–Crippen LogP) is 4.36. The summed E-state index contributed by atoms with van der Waals surface area (Å²) >= 11 is 7.94. The Labute approximate surface area is 173 Å². The number of thiocarbonyl (C=S) groups is 1. The summed E-state index contributed by atoms with van der Waals surface area (Å²) in [5, 5.41) is 13.2. The van der Waals surface area contributed by atoms with Crippen LogP contribution < -0.4 is 5.32 Å². The fraction of sp³-hybridized carbons (Fsp3) is 0.211. The molecule has 2 heterocycles. The van der Waals surface area contributed by atoms with Gasteiger partial charge in [-0.05, 0) is 53.7 Å². The standard InChI is InChI=1S/C19H15F2NO3S3/c20-14-2-1-10(6-15(14)21)11-5-12(27-9-11)7-16-18(25)13(19(26)28-16)3-4-22-8-17(23)24/h1-2,5-7,9,13,22H,3-4,8H2,(H,23,24)/b16-7-. The SMILES string of the molecule is O=C(O)CNCCC1C(=O)/C(=C/c2cc(-c3ccc(F)c(F)c3)cs2)SC1=S. The Kier molecular flexibility index (Phi) is 6.71. The lowest BCUT2D eigenvalue weighted by Crippen LogP contribution is -2.27. The number of aliphatic carboxylic acids is 1. The maximum atomic E-state index is 13.4. The summed E-state index contributed by atoms with van der Waals surface area (Å²) < 4.78 is 27.1. The molecule has 1 atom stereocenters. The second-order valence-corrected chi connectivity index (χ2v) is 8.80. The zero-order chi connectivity index (χ0) is 20.3. The number of hydrogen-bond acceptors (Lipinski definition) is 6. The molecule has 0 radical (unpaired) electrons. The highest BCUT2D eigenvalue weighted by atomic mass is 32.2. The molecule has 0 spiro atoms. The molecule has 0 bridgehead atoms. The molecule has 9 heteroatoms. The van der Waals surface area contributed by atoms with Gasteiger partial charge in [0.1, 0.15) is 0 Å². The van der Waals surface area contributed by atoms with Crippen LogP contribution >= 0.6 is 35.3 Å². The van der Waals surface area contributed by atoms with Gasteiger partial charge in [-0.25, -0.2) is 8.78 Å². The van der Waals surface area contributed by atoms with Crippen LogP contribution in [0.2, 0.25) is 0 Å². The molecule has 28 heavy (non-hydrogen) atoms. The van der Waals surface area contributed by atoms with E-state index in [1.165, 1.54) is 29.2 Å². The number of thiophene rings is 1. The first-order chi connectivity index (χ1) is 13.3. The lowest BCUT2D eigenvalue weighted by Gasteiger charge is -2.07. The van der Waals surface area contributed by atoms with E-state index in [0.717, 1.165) is 22.6 Å². The van der Waals surface area contributed by atoms with Crippen molar-refractivity contribution in [1.82, 2.24) is 5.32 Å². The van der Waals surface area contributed by atoms with Crippen molar-refractivity contribution in [2.75, 3.05) is 13.1 Å². The minimum Gasteiger partial charge on any atom is -0.480 e. The average molecular weight is 440 g/mol. The molecule has 2 N–H and O–H groups in total. The predicted molar refractivity (Wildman–Crippen MR) is 111 cm³/mol. The third-order valence-electron chi connectivity index (χ3n) is 4.09. The van der Waals surface area contributed by atoms with E-state index in [4.69, 9.17) is 17.3 Å². The van der Waals surface area contributed by atoms with Crippen molar-refractivity contribution in [3.05, 3.63) is 51.1 Å². The summed E-state index contributed by atoms with van der Waals surface area (Å²) in [5.74, 6) is -3.25. The number of Topliss-reactive ketones (excluding diaryl/α,β-unsaturated/α-hetero) is 1. The van der Waals surface area contributed by atoms with Crippen molar-refractivity contribution in [2.24, 2.45) is 5.92 Å².